The molecule has 0 bridgehead atoms. The van der Waals surface area contributed by atoms with Crippen molar-refractivity contribution in [3.8, 4) is 17.2 Å². The van der Waals surface area contributed by atoms with Gasteiger partial charge in [-0.25, -0.2) is 0 Å². The van der Waals surface area contributed by atoms with Crippen LogP contribution in [0.4, 0.5) is 0 Å². The van der Waals surface area contributed by atoms with Gasteiger partial charge in [0.15, 0.2) is 11.5 Å². The van der Waals surface area contributed by atoms with Crippen LogP contribution in [0.2, 0.25) is 0 Å². The number of rotatable bonds is 14. The van der Waals surface area contributed by atoms with Crippen molar-refractivity contribution in [1.29, 1.82) is 0 Å². The van der Waals surface area contributed by atoms with Crippen molar-refractivity contribution in [3.05, 3.63) is 114 Å². The fraction of sp³-hybridized carbons (Fsp3) is 0.289. The number of amides is 1. The molecule has 2 atom stereocenters. The number of fused-ring (bicyclic) bond motifs is 2. The highest BCUT2D eigenvalue weighted by Crippen LogP contribution is 2.38. The Labute approximate surface area is 266 Å². The van der Waals surface area contributed by atoms with Crippen LogP contribution in [0.5, 0.6) is 17.2 Å². The van der Waals surface area contributed by atoms with Gasteiger partial charge in [-0.15, -0.1) is 0 Å². The van der Waals surface area contributed by atoms with E-state index in [-0.39, 0.29) is 18.0 Å². The third-order valence-corrected chi connectivity index (χ3v) is 8.41. The van der Waals surface area contributed by atoms with Gasteiger partial charge in [-0.2, -0.15) is 0 Å². The Morgan fingerprint density at radius 1 is 0.711 bits per heavy atom. The number of carbonyl (C=O) groups excluding carboxylic acids is 1. The van der Waals surface area contributed by atoms with Gasteiger partial charge < -0.3 is 24.8 Å². The van der Waals surface area contributed by atoms with E-state index >= 15 is 0 Å². The quantitative estimate of drug-likeness (QED) is 0.159. The number of nitrogens with one attached hydrogen (secondary N) is 2. The third-order valence-electron chi connectivity index (χ3n) is 8.41. The molecule has 0 fully saturated rings. The summed E-state index contributed by atoms with van der Waals surface area (Å²) in [6.45, 7) is 1.47. The number of methoxy groups -OCH3 is 3. The van der Waals surface area contributed by atoms with Crippen LogP contribution < -0.4 is 24.8 Å². The lowest BCUT2D eigenvalue weighted by atomic mass is 9.98. The molecule has 7 nitrogen and oxygen atoms in total. The normalized spacial score (nSPS) is 12.7. The molecule has 0 radical (unpaired) electrons. The number of hydrogen-bond acceptors (Lipinski definition) is 6. The van der Waals surface area contributed by atoms with Gasteiger partial charge in [-0.05, 0) is 71.7 Å². The zero-order valence-corrected chi connectivity index (χ0v) is 26.8. The van der Waals surface area contributed by atoms with Crippen LogP contribution in [0.15, 0.2) is 97.1 Å². The van der Waals surface area contributed by atoms with Crippen molar-refractivity contribution in [2.24, 2.45) is 0 Å². The van der Waals surface area contributed by atoms with Gasteiger partial charge >= 0.3 is 0 Å². The summed E-state index contributed by atoms with van der Waals surface area (Å²) in [5.41, 5.74) is 2.89. The maximum absolute atomic E-state index is 13.8. The molecule has 0 aliphatic carbocycles. The van der Waals surface area contributed by atoms with Gasteiger partial charge in [-0.3, -0.25) is 9.69 Å². The molecule has 2 N–H and O–H groups in total. The molecular formula is C38H43N3O4. The summed E-state index contributed by atoms with van der Waals surface area (Å²) in [5.74, 6) is 1.13. The molecule has 7 heteroatoms. The van der Waals surface area contributed by atoms with Crippen LogP contribution in [0.3, 0.4) is 0 Å². The lowest BCUT2D eigenvalue weighted by Crippen LogP contribution is -2.49. The number of nitrogens with zero attached hydrogens (tertiary/aromatic N) is 1. The predicted octanol–water partition coefficient (Wildman–Crippen LogP) is 6.12. The molecular weight excluding hydrogens is 562 g/mol. The Morgan fingerprint density at radius 2 is 1.24 bits per heavy atom. The zero-order chi connectivity index (χ0) is 31.8. The molecule has 5 rings (SSSR count). The van der Waals surface area contributed by atoms with Crippen LogP contribution in [0, 0.1) is 0 Å². The Balaban J connectivity index is 1.41. The van der Waals surface area contributed by atoms with Crippen LogP contribution in [-0.4, -0.2) is 71.4 Å². The molecule has 0 aliphatic rings. The summed E-state index contributed by atoms with van der Waals surface area (Å²) in [7, 11) is 8.78. The van der Waals surface area contributed by atoms with E-state index in [0.717, 1.165) is 18.5 Å². The summed E-state index contributed by atoms with van der Waals surface area (Å²) in [6.07, 6.45) is 1.55. The molecule has 0 aromatic heterocycles. The number of benzene rings is 5. The van der Waals surface area contributed by atoms with Gasteiger partial charge in [0.05, 0.1) is 21.3 Å². The predicted molar refractivity (Wildman–Crippen MR) is 183 cm³/mol. The molecule has 0 spiro atoms. The minimum absolute atomic E-state index is 0.168. The largest absolute Gasteiger partial charge is 0.493 e. The first-order valence-electron chi connectivity index (χ1n) is 15.3. The van der Waals surface area contributed by atoms with Crippen molar-refractivity contribution in [2.75, 3.05) is 48.5 Å². The van der Waals surface area contributed by atoms with Crippen molar-refractivity contribution < 1.29 is 19.0 Å². The second-order valence-electron chi connectivity index (χ2n) is 11.5. The minimum Gasteiger partial charge on any atom is -0.493 e. The molecule has 2 unspecified atom stereocenters. The highest BCUT2D eigenvalue weighted by atomic mass is 16.5. The molecule has 5 aromatic carbocycles. The van der Waals surface area contributed by atoms with E-state index < -0.39 is 0 Å². The number of likely N-dealkylation sites (N-methyl/N-ethyl adjacent to an activating group) is 2. The van der Waals surface area contributed by atoms with Crippen LogP contribution >= 0.6 is 0 Å². The Kier molecular flexibility index (Phi) is 10.6. The first-order chi connectivity index (χ1) is 21.9. The molecule has 45 heavy (non-hydrogen) atoms. The lowest BCUT2D eigenvalue weighted by molar-refractivity contribution is 0.0920. The molecule has 0 aliphatic heterocycles. The second kappa shape index (κ2) is 14.9. The van der Waals surface area contributed by atoms with Crippen molar-refractivity contribution in [3.63, 3.8) is 0 Å². The Bertz CT molecular complexity index is 1730. The van der Waals surface area contributed by atoms with Crippen molar-refractivity contribution >= 4 is 27.5 Å². The maximum atomic E-state index is 13.8. The monoisotopic (exact) mass is 605 g/mol. The van der Waals surface area contributed by atoms with E-state index in [9.17, 15) is 4.79 Å². The van der Waals surface area contributed by atoms with E-state index in [1.807, 2.05) is 7.05 Å². The average Bonchev–Trinajstić information content (AvgIpc) is 3.07. The molecule has 234 valence electrons. The van der Waals surface area contributed by atoms with E-state index in [2.05, 4.69) is 108 Å². The molecule has 1 amide bonds. The Morgan fingerprint density at radius 3 is 1.76 bits per heavy atom. The highest BCUT2D eigenvalue weighted by molar-refractivity contribution is 5.96. The third kappa shape index (κ3) is 7.74. The molecule has 0 saturated heterocycles. The Hall–Kier alpha value is -4.59. The van der Waals surface area contributed by atoms with Crippen LogP contribution in [0.25, 0.3) is 21.5 Å². The van der Waals surface area contributed by atoms with Gasteiger partial charge in [0.1, 0.15) is 0 Å². The van der Waals surface area contributed by atoms with E-state index in [0.29, 0.717) is 35.8 Å². The highest BCUT2D eigenvalue weighted by Gasteiger charge is 2.23. The molecule has 0 saturated carbocycles. The fourth-order valence-corrected chi connectivity index (χ4v) is 6.05. The van der Waals surface area contributed by atoms with Gasteiger partial charge in [0.25, 0.3) is 5.91 Å². The molecule has 0 heterocycles. The number of hydrogen-bond donors (Lipinski definition) is 2. The standard InChI is InChI=1S/C38H43N3O4/c1-39-24-34(21-27-15-17-29-11-7-9-13-31(29)19-27)41(2)25-33(20-26-14-16-28-10-6-8-12-30(28)18-26)40-38(42)32-22-35(43-3)37(45-5)36(23-32)44-4/h6-19,22-23,33-34,39H,20-21,24-25H2,1-5H3,(H,40,42). The first-order valence-corrected chi connectivity index (χ1v) is 15.3. The zero-order valence-electron chi connectivity index (χ0n) is 26.8. The first kappa shape index (κ1) is 31.8. The van der Waals surface area contributed by atoms with Crippen LogP contribution in [0.1, 0.15) is 21.5 Å². The van der Waals surface area contributed by atoms with Gasteiger partial charge in [0, 0.05) is 30.7 Å². The van der Waals surface area contributed by atoms with E-state index in [1.54, 1.807) is 33.5 Å². The number of ether oxygens (including phenoxy) is 3. The van der Waals surface area contributed by atoms with Crippen LogP contribution in [-0.2, 0) is 12.8 Å². The maximum Gasteiger partial charge on any atom is 0.251 e. The summed E-state index contributed by atoms with van der Waals surface area (Å²) in [4.78, 5) is 16.1. The number of carbonyl (C=O) groups is 1. The lowest BCUT2D eigenvalue weighted by Gasteiger charge is -2.32. The summed E-state index contributed by atoms with van der Waals surface area (Å²) < 4.78 is 16.5. The van der Waals surface area contributed by atoms with Gasteiger partial charge in [-0.1, -0.05) is 84.9 Å². The summed E-state index contributed by atoms with van der Waals surface area (Å²) >= 11 is 0. The van der Waals surface area contributed by atoms with E-state index in [4.69, 9.17) is 14.2 Å². The van der Waals surface area contributed by atoms with Gasteiger partial charge in [0.2, 0.25) is 5.75 Å². The smallest absolute Gasteiger partial charge is 0.251 e. The molecule has 5 aromatic rings. The summed E-state index contributed by atoms with van der Waals surface area (Å²) in [5, 5.41) is 11.6. The van der Waals surface area contributed by atoms with Crippen molar-refractivity contribution in [1.82, 2.24) is 15.5 Å². The van der Waals surface area contributed by atoms with Crippen molar-refractivity contribution in [2.45, 2.75) is 24.9 Å². The topological polar surface area (TPSA) is 72.1 Å². The summed E-state index contributed by atoms with van der Waals surface area (Å²) in [6, 6.07) is 33.5. The SMILES string of the molecule is CNCC(Cc1ccc2ccccc2c1)N(C)CC(Cc1ccc2ccccc2c1)NC(=O)c1cc(OC)c(OC)c(OC)c1. The minimum atomic E-state index is -0.201. The van der Waals surface area contributed by atoms with E-state index in [1.165, 1.54) is 27.1 Å². The fourth-order valence-electron chi connectivity index (χ4n) is 6.05. The second-order valence-corrected chi connectivity index (χ2v) is 11.5. The average molecular weight is 606 g/mol.